The molecule has 0 aliphatic carbocycles. The van der Waals surface area contributed by atoms with E-state index in [2.05, 4.69) is 0 Å². The highest BCUT2D eigenvalue weighted by atomic mass is 32.1. The van der Waals surface area contributed by atoms with E-state index in [-0.39, 0.29) is 18.6 Å². The number of aliphatic hydroxyl groups is 1. The number of aliphatic hydroxyl groups excluding tert-OH is 1. The minimum absolute atomic E-state index is 0.0624. The lowest BCUT2D eigenvalue weighted by Crippen LogP contribution is -2.40. The number of carbonyl (C=O) groups is 1. The first-order valence-electron chi connectivity index (χ1n) is 6.70. The molecule has 0 bridgehead atoms. The average molecular weight is 283 g/mol. The van der Waals surface area contributed by atoms with Gasteiger partial charge in [0.15, 0.2) is 0 Å². The number of likely N-dealkylation sites (tertiary alicyclic amines) is 1. The van der Waals surface area contributed by atoms with Crippen LogP contribution in [0.25, 0.3) is 0 Å². The summed E-state index contributed by atoms with van der Waals surface area (Å²) in [7, 11) is 0. The first-order valence-corrected chi connectivity index (χ1v) is 7.52. The second-order valence-corrected chi connectivity index (χ2v) is 6.19. The number of piperidine rings is 1. The maximum absolute atomic E-state index is 12.3. The number of amides is 1. The van der Waals surface area contributed by atoms with Crippen LogP contribution in [-0.4, -0.2) is 48.3 Å². The molecule has 0 spiro atoms. The van der Waals surface area contributed by atoms with Crippen molar-refractivity contribution in [2.45, 2.75) is 32.8 Å². The van der Waals surface area contributed by atoms with E-state index < -0.39 is 0 Å². The fourth-order valence-electron chi connectivity index (χ4n) is 2.28. The van der Waals surface area contributed by atoms with Gasteiger partial charge in [0.2, 0.25) is 0 Å². The minimum atomic E-state index is 0.0624. The quantitative estimate of drug-likeness (QED) is 0.919. The van der Waals surface area contributed by atoms with Gasteiger partial charge in [-0.3, -0.25) is 4.79 Å². The lowest BCUT2D eigenvalue weighted by atomic mass is 10.1. The first kappa shape index (κ1) is 14.5. The SMILES string of the molecule is Cc1cc(C(=O)N2CCC(OCCO)CC2)sc1C. The smallest absolute Gasteiger partial charge is 0.263 e. The number of rotatable bonds is 4. The Morgan fingerprint density at radius 3 is 2.68 bits per heavy atom. The van der Waals surface area contributed by atoms with Gasteiger partial charge in [-0.2, -0.15) is 0 Å². The molecule has 0 aromatic carbocycles. The number of nitrogens with zero attached hydrogens (tertiary/aromatic N) is 1. The van der Waals surface area contributed by atoms with E-state index >= 15 is 0 Å². The molecule has 0 unspecified atom stereocenters. The molecule has 2 rings (SSSR count). The van der Waals surface area contributed by atoms with Crippen molar-refractivity contribution in [1.82, 2.24) is 4.90 Å². The molecule has 1 N–H and O–H groups in total. The third-order valence-electron chi connectivity index (χ3n) is 3.55. The molecule has 0 radical (unpaired) electrons. The highest BCUT2D eigenvalue weighted by Crippen LogP contribution is 2.24. The summed E-state index contributed by atoms with van der Waals surface area (Å²) in [5, 5.41) is 8.73. The molecule has 5 heteroatoms. The maximum Gasteiger partial charge on any atom is 0.263 e. The summed E-state index contributed by atoms with van der Waals surface area (Å²) < 4.78 is 5.50. The molecule has 0 atom stereocenters. The molecule has 1 aromatic rings. The summed E-state index contributed by atoms with van der Waals surface area (Å²) in [6.45, 7) is 6.02. The number of carbonyl (C=O) groups excluding carboxylic acids is 1. The van der Waals surface area contributed by atoms with E-state index in [1.54, 1.807) is 11.3 Å². The molecule has 2 heterocycles. The summed E-state index contributed by atoms with van der Waals surface area (Å²) >= 11 is 1.58. The molecule has 1 amide bonds. The largest absolute Gasteiger partial charge is 0.394 e. The molecule has 19 heavy (non-hydrogen) atoms. The third kappa shape index (κ3) is 3.55. The van der Waals surface area contributed by atoms with E-state index in [1.807, 2.05) is 24.8 Å². The van der Waals surface area contributed by atoms with Gasteiger partial charge in [0.05, 0.1) is 24.2 Å². The van der Waals surface area contributed by atoms with Crippen molar-refractivity contribution in [3.8, 4) is 0 Å². The van der Waals surface area contributed by atoms with Crippen LogP contribution in [0.2, 0.25) is 0 Å². The molecule has 106 valence electrons. The second-order valence-electron chi connectivity index (χ2n) is 4.94. The van der Waals surface area contributed by atoms with Crippen molar-refractivity contribution in [3.63, 3.8) is 0 Å². The standard InChI is InChI=1S/C14H21NO3S/c1-10-9-13(19-11(10)2)14(17)15-5-3-12(4-6-15)18-8-7-16/h9,12,16H,3-8H2,1-2H3. The number of ether oxygens (including phenoxy) is 1. The molecule has 4 nitrogen and oxygen atoms in total. The van der Waals surface area contributed by atoms with Crippen LogP contribution in [0.3, 0.4) is 0 Å². The Kier molecular flexibility index (Phi) is 4.96. The van der Waals surface area contributed by atoms with Crippen LogP contribution in [0.4, 0.5) is 0 Å². The molecule has 0 saturated carbocycles. The molecular formula is C14H21NO3S. The van der Waals surface area contributed by atoms with Gasteiger partial charge >= 0.3 is 0 Å². The first-order chi connectivity index (χ1) is 9.11. The normalized spacial score (nSPS) is 16.9. The summed E-state index contributed by atoms with van der Waals surface area (Å²) in [5.74, 6) is 0.141. The highest BCUT2D eigenvalue weighted by Gasteiger charge is 2.25. The van der Waals surface area contributed by atoms with Crippen molar-refractivity contribution in [2.24, 2.45) is 0 Å². The zero-order valence-electron chi connectivity index (χ0n) is 11.5. The average Bonchev–Trinajstić information content (AvgIpc) is 2.76. The zero-order chi connectivity index (χ0) is 13.8. The minimum Gasteiger partial charge on any atom is -0.394 e. The molecule has 1 saturated heterocycles. The van der Waals surface area contributed by atoms with E-state index in [4.69, 9.17) is 9.84 Å². The predicted molar refractivity (Wildman–Crippen MR) is 75.8 cm³/mol. The van der Waals surface area contributed by atoms with Crippen molar-refractivity contribution >= 4 is 17.2 Å². The van der Waals surface area contributed by atoms with Crippen LogP contribution in [0.15, 0.2) is 6.07 Å². The summed E-state index contributed by atoms with van der Waals surface area (Å²) in [5.41, 5.74) is 1.19. The van der Waals surface area contributed by atoms with Gasteiger partial charge in [-0.05, 0) is 38.3 Å². The van der Waals surface area contributed by atoms with Gasteiger partial charge in [-0.15, -0.1) is 11.3 Å². The Bertz CT molecular complexity index is 416. The Morgan fingerprint density at radius 1 is 1.47 bits per heavy atom. The van der Waals surface area contributed by atoms with Crippen LogP contribution in [-0.2, 0) is 4.74 Å². The van der Waals surface area contributed by atoms with E-state index in [9.17, 15) is 4.79 Å². The summed E-state index contributed by atoms with van der Waals surface area (Å²) in [6.07, 6.45) is 1.90. The summed E-state index contributed by atoms with van der Waals surface area (Å²) in [4.78, 5) is 16.3. The molecule has 1 aromatic heterocycles. The van der Waals surface area contributed by atoms with Gasteiger partial charge < -0.3 is 14.7 Å². The third-order valence-corrected chi connectivity index (χ3v) is 4.69. The lowest BCUT2D eigenvalue weighted by Gasteiger charge is -2.31. The van der Waals surface area contributed by atoms with E-state index in [1.165, 1.54) is 10.4 Å². The molecule has 1 aliphatic heterocycles. The van der Waals surface area contributed by atoms with E-state index in [0.29, 0.717) is 6.61 Å². The van der Waals surface area contributed by atoms with Crippen LogP contribution in [0, 0.1) is 13.8 Å². The van der Waals surface area contributed by atoms with Crippen LogP contribution >= 0.6 is 11.3 Å². The number of aryl methyl sites for hydroxylation is 2. The van der Waals surface area contributed by atoms with Crippen LogP contribution < -0.4 is 0 Å². The van der Waals surface area contributed by atoms with Gasteiger partial charge in [0.1, 0.15) is 0 Å². The van der Waals surface area contributed by atoms with Gasteiger partial charge in [-0.25, -0.2) is 0 Å². The number of hydrogen-bond donors (Lipinski definition) is 1. The second kappa shape index (κ2) is 6.50. The Labute approximate surface area is 118 Å². The van der Waals surface area contributed by atoms with Crippen molar-refractivity contribution in [1.29, 1.82) is 0 Å². The number of thiophene rings is 1. The van der Waals surface area contributed by atoms with Gasteiger partial charge in [0.25, 0.3) is 5.91 Å². The predicted octanol–water partition coefficient (Wildman–Crippen LogP) is 1.98. The topological polar surface area (TPSA) is 49.8 Å². The van der Waals surface area contributed by atoms with E-state index in [0.717, 1.165) is 30.8 Å². The fourth-order valence-corrected chi connectivity index (χ4v) is 3.28. The maximum atomic E-state index is 12.3. The van der Waals surface area contributed by atoms with Crippen LogP contribution in [0.1, 0.15) is 33.0 Å². The van der Waals surface area contributed by atoms with Gasteiger partial charge in [0, 0.05) is 18.0 Å². The van der Waals surface area contributed by atoms with Crippen molar-refractivity contribution in [3.05, 3.63) is 21.4 Å². The highest BCUT2D eigenvalue weighted by molar-refractivity contribution is 7.14. The monoisotopic (exact) mass is 283 g/mol. The van der Waals surface area contributed by atoms with Crippen molar-refractivity contribution < 1.29 is 14.6 Å². The lowest BCUT2D eigenvalue weighted by molar-refractivity contribution is -0.00545. The summed E-state index contributed by atoms with van der Waals surface area (Å²) in [6, 6.07) is 1.98. The molecular weight excluding hydrogens is 262 g/mol. The number of hydrogen-bond acceptors (Lipinski definition) is 4. The Hall–Kier alpha value is -0.910. The fraction of sp³-hybridized carbons (Fsp3) is 0.643. The molecule has 1 fully saturated rings. The molecule has 1 aliphatic rings. The Balaban J connectivity index is 1.89. The van der Waals surface area contributed by atoms with Gasteiger partial charge in [-0.1, -0.05) is 0 Å². The van der Waals surface area contributed by atoms with Crippen molar-refractivity contribution in [2.75, 3.05) is 26.3 Å². The zero-order valence-corrected chi connectivity index (χ0v) is 12.3. The van der Waals surface area contributed by atoms with Crippen LogP contribution in [0.5, 0.6) is 0 Å². The Morgan fingerprint density at radius 2 is 2.16 bits per heavy atom.